The van der Waals surface area contributed by atoms with Crippen molar-refractivity contribution in [1.82, 2.24) is 14.3 Å². The van der Waals surface area contributed by atoms with E-state index in [1.165, 1.54) is 12.1 Å². The van der Waals surface area contributed by atoms with E-state index >= 15 is 0 Å². The molecule has 0 spiro atoms. The van der Waals surface area contributed by atoms with Gasteiger partial charge in [-0.25, -0.2) is 9.37 Å². The van der Waals surface area contributed by atoms with Gasteiger partial charge in [-0.1, -0.05) is 6.07 Å². The van der Waals surface area contributed by atoms with E-state index in [9.17, 15) is 14.6 Å². The maximum absolute atomic E-state index is 13.3. The van der Waals surface area contributed by atoms with E-state index in [2.05, 4.69) is 4.90 Å². The van der Waals surface area contributed by atoms with Gasteiger partial charge in [0.15, 0.2) is 0 Å². The highest BCUT2D eigenvalue weighted by Gasteiger charge is 2.28. The number of pyridine rings is 1. The van der Waals surface area contributed by atoms with Crippen LogP contribution in [0, 0.1) is 11.7 Å². The number of piperidine rings is 1. The van der Waals surface area contributed by atoms with Gasteiger partial charge in [0, 0.05) is 37.4 Å². The van der Waals surface area contributed by atoms with Crippen LogP contribution in [0.25, 0.3) is 16.9 Å². The standard InChI is InChI=1S/C20H22FN3O2/c21-16-6-4-14(5-7-16)20-17(24-9-2-1-3-19(24)22-20)11-23-10-8-15(13-25)18(26)12-23/h1-7,9,15,18,25-26H,8,10-13H2/t15-,18-/m1/s1. The number of halogens is 1. The molecule has 1 aliphatic heterocycles. The molecule has 2 atom stereocenters. The van der Waals surface area contributed by atoms with Crippen molar-refractivity contribution in [3.05, 3.63) is 60.2 Å². The SMILES string of the molecule is OC[C@H]1CCN(Cc2c(-c3ccc(F)cc3)nc3ccccn23)C[C@H]1O. The first-order valence-electron chi connectivity index (χ1n) is 8.89. The van der Waals surface area contributed by atoms with Crippen LogP contribution in [-0.2, 0) is 6.54 Å². The van der Waals surface area contributed by atoms with Gasteiger partial charge in [0.25, 0.3) is 0 Å². The van der Waals surface area contributed by atoms with Gasteiger partial charge < -0.3 is 14.6 Å². The average Bonchev–Trinajstić information content (AvgIpc) is 3.01. The Labute approximate surface area is 151 Å². The van der Waals surface area contributed by atoms with Crippen molar-refractivity contribution in [2.75, 3.05) is 19.7 Å². The first kappa shape index (κ1) is 17.1. The summed E-state index contributed by atoms with van der Waals surface area (Å²) in [7, 11) is 0. The Hall–Kier alpha value is -2.28. The molecule has 0 radical (unpaired) electrons. The fourth-order valence-electron chi connectivity index (χ4n) is 3.65. The largest absolute Gasteiger partial charge is 0.396 e. The van der Waals surface area contributed by atoms with Crippen molar-refractivity contribution in [2.24, 2.45) is 5.92 Å². The number of rotatable bonds is 4. The third-order valence-electron chi connectivity index (χ3n) is 5.16. The zero-order valence-electron chi connectivity index (χ0n) is 14.4. The zero-order chi connectivity index (χ0) is 18.1. The monoisotopic (exact) mass is 355 g/mol. The summed E-state index contributed by atoms with van der Waals surface area (Å²) in [6.45, 7) is 1.98. The molecule has 3 aromatic rings. The van der Waals surface area contributed by atoms with Crippen molar-refractivity contribution in [2.45, 2.75) is 19.1 Å². The Morgan fingerprint density at radius 2 is 1.96 bits per heavy atom. The number of hydrogen-bond donors (Lipinski definition) is 2. The van der Waals surface area contributed by atoms with Gasteiger partial charge in [0.1, 0.15) is 11.5 Å². The highest BCUT2D eigenvalue weighted by Crippen LogP contribution is 2.27. The summed E-state index contributed by atoms with van der Waals surface area (Å²) >= 11 is 0. The van der Waals surface area contributed by atoms with E-state index in [1.807, 2.05) is 28.8 Å². The molecule has 0 amide bonds. The number of likely N-dealkylation sites (tertiary alicyclic amines) is 1. The second-order valence-electron chi connectivity index (χ2n) is 6.88. The predicted octanol–water partition coefficient (Wildman–Crippen LogP) is 2.32. The van der Waals surface area contributed by atoms with Crippen LogP contribution in [0.3, 0.4) is 0 Å². The van der Waals surface area contributed by atoms with E-state index in [0.717, 1.165) is 35.6 Å². The molecule has 1 aliphatic rings. The molecule has 0 unspecified atom stereocenters. The van der Waals surface area contributed by atoms with E-state index in [-0.39, 0.29) is 18.3 Å². The summed E-state index contributed by atoms with van der Waals surface area (Å²) in [5, 5.41) is 19.6. The molecule has 26 heavy (non-hydrogen) atoms. The summed E-state index contributed by atoms with van der Waals surface area (Å²) in [5.41, 5.74) is 3.56. The van der Waals surface area contributed by atoms with Crippen LogP contribution in [0.4, 0.5) is 4.39 Å². The molecular formula is C20H22FN3O2. The molecule has 1 aromatic carbocycles. The number of imidazole rings is 1. The first-order valence-corrected chi connectivity index (χ1v) is 8.89. The number of nitrogens with zero attached hydrogens (tertiary/aromatic N) is 3. The lowest BCUT2D eigenvalue weighted by atomic mass is 9.94. The maximum atomic E-state index is 13.3. The van der Waals surface area contributed by atoms with Crippen LogP contribution in [0.2, 0.25) is 0 Å². The third-order valence-corrected chi connectivity index (χ3v) is 5.16. The number of β-amino-alcohol motifs (C(OH)–C–C–N with tert-alkyl or cyclic N) is 1. The molecular weight excluding hydrogens is 333 g/mol. The quantitative estimate of drug-likeness (QED) is 0.754. The predicted molar refractivity (Wildman–Crippen MR) is 97.1 cm³/mol. The van der Waals surface area contributed by atoms with Crippen molar-refractivity contribution in [3.8, 4) is 11.3 Å². The fraction of sp³-hybridized carbons (Fsp3) is 0.350. The molecule has 6 heteroatoms. The molecule has 4 rings (SSSR count). The lowest BCUT2D eigenvalue weighted by Crippen LogP contribution is -2.44. The highest BCUT2D eigenvalue weighted by atomic mass is 19.1. The fourth-order valence-corrected chi connectivity index (χ4v) is 3.65. The lowest BCUT2D eigenvalue weighted by Gasteiger charge is -2.35. The second kappa shape index (κ2) is 7.15. The minimum atomic E-state index is -0.526. The third kappa shape index (κ3) is 3.23. The van der Waals surface area contributed by atoms with Crippen LogP contribution in [-0.4, -0.2) is 50.3 Å². The van der Waals surface area contributed by atoms with Gasteiger partial charge in [-0.15, -0.1) is 0 Å². The summed E-state index contributed by atoms with van der Waals surface area (Å²) in [5.74, 6) is -0.321. The van der Waals surface area contributed by atoms with Crippen LogP contribution < -0.4 is 0 Å². The smallest absolute Gasteiger partial charge is 0.137 e. The van der Waals surface area contributed by atoms with E-state index in [4.69, 9.17) is 4.98 Å². The number of fused-ring (bicyclic) bond motifs is 1. The average molecular weight is 355 g/mol. The number of aromatic nitrogens is 2. The molecule has 0 saturated carbocycles. The summed E-state index contributed by atoms with van der Waals surface area (Å²) in [4.78, 5) is 6.92. The Morgan fingerprint density at radius 3 is 2.69 bits per heavy atom. The summed E-state index contributed by atoms with van der Waals surface area (Å²) < 4.78 is 15.4. The van der Waals surface area contributed by atoms with E-state index in [1.54, 1.807) is 12.1 Å². The Kier molecular flexibility index (Phi) is 4.72. The van der Waals surface area contributed by atoms with Crippen LogP contribution in [0.1, 0.15) is 12.1 Å². The molecule has 1 saturated heterocycles. The summed E-state index contributed by atoms with van der Waals surface area (Å²) in [6, 6.07) is 12.2. The lowest BCUT2D eigenvalue weighted by molar-refractivity contribution is -0.00481. The Balaban J connectivity index is 1.69. The molecule has 3 heterocycles. The van der Waals surface area contributed by atoms with E-state index < -0.39 is 6.10 Å². The van der Waals surface area contributed by atoms with Crippen molar-refractivity contribution >= 4 is 5.65 Å². The van der Waals surface area contributed by atoms with Gasteiger partial charge in [0.05, 0.1) is 17.5 Å². The number of aliphatic hydroxyl groups excluding tert-OH is 2. The van der Waals surface area contributed by atoms with Crippen LogP contribution >= 0.6 is 0 Å². The minimum absolute atomic E-state index is 0.0193. The van der Waals surface area contributed by atoms with Crippen LogP contribution in [0.15, 0.2) is 48.7 Å². The van der Waals surface area contributed by atoms with Crippen LogP contribution in [0.5, 0.6) is 0 Å². The molecule has 0 aliphatic carbocycles. The van der Waals surface area contributed by atoms with Gasteiger partial charge >= 0.3 is 0 Å². The van der Waals surface area contributed by atoms with Crippen molar-refractivity contribution in [3.63, 3.8) is 0 Å². The molecule has 2 aromatic heterocycles. The number of hydrogen-bond acceptors (Lipinski definition) is 4. The summed E-state index contributed by atoms with van der Waals surface area (Å²) in [6.07, 6.45) is 2.21. The Bertz CT molecular complexity index is 894. The molecule has 1 fully saturated rings. The van der Waals surface area contributed by atoms with Gasteiger partial charge in [-0.2, -0.15) is 0 Å². The van der Waals surface area contributed by atoms with Crippen molar-refractivity contribution < 1.29 is 14.6 Å². The second-order valence-corrected chi connectivity index (χ2v) is 6.88. The topological polar surface area (TPSA) is 61.0 Å². The first-order chi connectivity index (χ1) is 12.7. The van der Waals surface area contributed by atoms with Gasteiger partial charge in [0.2, 0.25) is 0 Å². The molecule has 0 bridgehead atoms. The molecule has 5 nitrogen and oxygen atoms in total. The molecule has 136 valence electrons. The van der Waals surface area contributed by atoms with Gasteiger partial charge in [-0.05, 0) is 49.4 Å². The zero-order valence-corrected chi connectivity index (χ0v) is 14.4. The highest BCUT2D eigenvalue weighted by molar-refractivity contribution is 5.66. The van der Waals surface area contributed by atoms with E-state index in [0.29, 0.717) is 13.1 Å². The molecule has 2 N–H and O–H groups in total. The number of aliphatic hydroxyl groups is 2. The minimum Gasteiger partial charge on any atom is -0.396 e. The normalized spacial score (nSPS) is 21.3. The number of benzene rings is 1. The van der Waals surface area contributed by atoms with Crippen molar-refractivity contribution in [1.29, 1.82) is 0 Å². The van der Waals surface area contributed by atoms with Gasteiger partial charge in [-0.3, -0.25) is 4.90 Å². The Morgan fingerprint density at radius 1 is 1.15 bits per heavy atom. The maximum Gasteiger partial charge on any atom is 0.137 e.